The predicted octanol–water partition coefficient (Wildman–Crippen LogP) is 6.17. The molecule has 3 atom stereocenters. The first-order chi connectivity index (χ1) is 19.4. The molecule has 0 amide bonds. The second-order valence-electron chi connectivity index (χ2n) is 11.6. The maximum absolute atomic E-state index is 13.8. The molecule has 0 spiro atoms. The summed E-state index contributed by atoms with van der Waals surface area (Å²) in [7, 11) is -0.298. The van der Waals surface area contributed by atoms with E-state index in [-0.39, 0.29) is 31.1 Å². The summed E-state index contributed by atoms with van der Waals surface area (Å²) in [5, 5.41) is 0. The molecule has 41 heavy (non-hydrogen) atoms. The van der Waals surface area contributed by atoms with Gasteiger partial charge in [-0.2, -0.15) is 17.5 Å². The van der Waals surface area contributed by atoms with Crippen LogP contribution in [0.2, 0.25) is 0 Å². The summed E-state index contributed by atoms with van der Waals surface area (Å²) in [5.41, 5.74) is 4.79. The number of aryl methyl sites for hydroxylation is 1. The summed E-state index contributed by atoms with van der Waals surface area (Å²) in [6.07, 6.45) is -3.38. The third-order valence-electron chi connectivity index (χ3n) is 8.72. The number of nitrogens with zero attached hydrogens (tertiary/aromatic N) is 3. The molecule has 0 bridgehead atoms. The second kappa shape index (κ2) is 11.5. The summed E-state index contributed by atoms with van der Waals surface area (Å²) in [6, 6.07) is 19.4. The van der Waals surface area contributed by atoms with Gasteiger partial charge in [0.15, 0.2) is 0 Å². The Kier molecular flexibility index (Phi) is 8.36. The first-order valence-electron chi connectivity index (χ1n) is 14.1. The fraction of sp³-hybridized carbons (Fsp3) is 0.438. The van der Waals surface area contributed by atoms with Crippen molar-refractivity contribution in [3.63, 3.8) is 0 Å². The highest BCUT2D eigenvalue weighted by atomic mass is 32.2. The first-order valence-corrected chi connectivity index (χ1v) is 15.6. The Labute approximate surface area is 241 Å². The van der Waals surface area contributed by atoms with Crippen molar-refractivity contribution in [3.05, 3.63) is 89.0 Å². The summed E-state index contributed by atoms with van der Waals surface area (Å²) >= 11 is 0. The topological polar surface area (TPSA) is 43.9 Å². The maximum atomic E-state index is 13.8. The van der Waals surface area contributed by atoms with E-state index in [4.69, 9.17) is 0 Å². The van der Waals surface area contributed by atoms with E-state index in [0.29, 0.717) is 6.42 Å². The van der Waals surface area contributed by atoms with Crippen molar-refractivity contribution in [2.75, 3.05) is 40.3 Å². The van der Waals surface area contributed by atoms with E-state index in [1.165, 1.54) is 33.1 Å². The highest BCUT2D eigenvalue weighted by molar-refractivity contribution is 7.89. The number of rotatable bonds is 6. The van der Waals surface area contributed by atoms with Crippen molar-refractivity contribution >= 4 is 10.0 Å². The van der Waals surface area contributed by atoms with Gasteiger partial charge < -0.3 is 4.90 Å². The zero-order chi connectivity index (χ0) is 29.5. The highest BCUT2D eigenvalue weighted by Gasteiger charge is 2.51. The van der Waals surface area contributed by atoms with E-state index in [1.54, 1.807) is 0 Å². The number of likely N-dealkylation sites (N-methyl/N-ethyl adjacent to an activating group) is 1. The smallest absolute Gasteiger partial charge is 0.308 e. The summed E-state index contributed by atoms with van der Waals surface area (Å²) in [5.74, 6) is 0.0544. The minimum Gasteiger partial charge on any atom is -0.308 e. The average molecular weight is 586 g/mol. The molecule has 2 fully saturated rings. The zero-order valence-electron chi connectivity index (χ0n) is 24.0. The van der Waals surface area contributed by atoms with Crippen LogP contribution >= 0.6 is 0 Å². The average Bonchev–Trinajstić information content (AvgIpc) is 2.91. The number of hydrogen-bond acceptors (Lipinski definition) is 4. The van der Waals surface area contributed by atoms with Gasteiger partial charge in [0, 0.05) is 37.6 Å². The first kappa shape index (κ1) is 29.8. The fourth-order valence-electron chi connectivity index (χ4n) is 6.51. The van der Waals surface area contributed by atoms with Gasteiger partial charge in [0.1, 0.15) is 0 Å². The molecule has 0 aliphatic carbocycles. The Morgan fingerprint density at radius 2 is 1.59 bits per heavy atom. The van der Waals surface area contributed by atoms with E-state index in [9.17, 15) is 21.6 Å². The normalized spacial score (nSPS) is 22.6. The van der Waals surface area contributed by atoms with Crippen LogP contribution in [-0.2, 0) is 16.2 Å². The van der Waals surface area contributed by atoms with Crippen LogP contribution in [-0.4, -0.2) is 74.9 Å². The van der Waals surface area contributed by atoms with E-state index < -0.39 is 26.7 Å². The van der Waals surface area contributed by atoms with Crippen molar-refractivity contribution in [3.8, 4) is 11.1 Å². The summed E-state index contributed by atoms with van der Waals surface area (Å²) < 4.78 is 70.2. The van der Waals surface area contributed by atoms with Crippen LogP contribution in [0.4, 0.5) is 13.2 Å². The van der Waals surface area contributed by atoms with E-state index in [0.717, 1.165) is 42.8 Å². The largest absolute Gasteiger partial charge is 0.417 e. The number of hydrogen-bond donors (Lipinski definition) is 0. The Morgan fingerprint density at radius 3 is 2.27 bits per heavy atom. The van der Waals surface area contributed by atoms with Gasteiger partial charge in [0.05, 0.1) is 10.5 Å². The van der Waals surface area contributed by atoms with Gasteiger partial charge in [-0.25, -0.2) is 8.42 Å². The predicted molar refractivity (Wildman–Crippen MR) is 156 cm³/mol. The Balaban J connectivity index is 1.49. The van der Waals surface area contributed by atoms with Crippen LogP contribution in [0.25, 0.3) is 11.1 Å². The van der Waals surface area contributed by atoms with Gasteiger partial charge >= 0.3 is 6.18 Å². The molecule has 5 nitrogen and oxygen atoms in total. The van der Waals surface area contributed by atoms with Crippen molar-refractivity contribution in [2.24, 2.45) is 0 Å². The van der Waals surface area contributed by atoms with Crippen LogP contribution < -0.4 is 0 Å². The lowest BCUT2D eigenvalue weighted by atomic mass is 9.73. The third-order valence-corrected chi connectivity index (χ3v) is 10.6. The SMILES string of the molecule is Cc1cccc(-c2ccc([C@@H]3[C@@H](CN(C)C)N4CCCCN(S(=O)(=O)c5ccccc5C(F)(F)F)C[C@@H]34)cc2)c1C. The van der Waals surface area contributed by atoms with E-state index >= 15 is 0 Å². The highest BCUT2D eigenvalue weighted by Crippen LogP contribution is 2.44. The lowest BCUT2D eigenvalue weighted by molar-refractivity contribution is -0.139. The number of benzene rings is 3. The summed E-state index contributed by atoms with van der Waals surface area (Å²) in [4.78, 5) is 3.84. The standard InChI is InChI=1S/C32H38F3N3O2S/c1-22-10-9-11-26(23(22)2)24-14-16-25(17-15-24)31-28(20-36(3)4)38-19-8-7-18-37(21-29(31)38)41(39,40)30-13-6-5-12-27(30)32(33,34)35/h5-6,9-17,28-29,31H,7-8,18-21H2,1-4H3/t28-,29+,31-/m1/s1. The molecule has 0 saturated carbocycles. The lowest BCUT2D eigenvalue weighted by Crippen LogP contribution is -2.68. The molecule has 3 aromatic carbocycles. The van der Waals surface area contributed by atoms with Crippen LogP contribution in [0, 0.1) is 13.8 Å². The zero-order valence-corrected chi connectivity index (χ0v) is 24.8. The van der Waals surface area contributed by atoms with Gasteiger partial charge in [-0.1, -0.05) is 54.6 Å². The molecule has 0 unspecified atom stereocenters. The minimum absolute atomic E-state index is 0.0544. The van der Waals surface area contributed by atoms with Crippen LogP contribution in [0.1, 0.15) is 41.0 Å². The molecule has 9 heteroatoms. The monoisotopic (exact) mass is 585 g/mol. The molecule has 2 aliphatic rings. The minimum atomic E-state index is -4.76. The molecular weight excluding hydrogens is 547 g/mol. The molecule has 2 heterocycles. The summed E-state index contributed by atoms with van der Waals surface area (Å²) in [6.45, 7) is 6.23. The Hall–Kier alpha value is -2.72. The second-order valence-corrected chi connectivity index (χ2v) is 13.5. The maximum Gasteiger partial charge on any atom is 0.417 e. The van der Waals surface area contributed by atoms with Gasteiger partial charge in [-0.15, -0.1) is 0 Å². The van der Waals surface area contributed by atoms with Crippen molar-refractivity contribution < 1.29 is 21.6 Å². The molecule has 220 valence electrons. The number of alkyl halides is 3. The molecule has 3 aromatic rings. The molecular formula is C32H38F3N3O2S. The van der Waals surface area contributed by atoms with Crippen LogP contribution in [0.15, 0.2) is 71.6 Å². The van der Waals surface area contributed by atoms with E-state index in [2.05, 4.69) is 66.1 Å². The van der Waals surface area contributed by atoms with Crippen molar-refractivity contribution in [2.45, 2.75) is 55.8 Å². The quantitative estimate of drug-likeness (QED) is 0.347. The number of fused-ring (bicyclic) bond motifs is 1. The third kappa shape index (κ3) is 5.82. The molecule has 2 aliphatic heterocycles. The van der Waals surface area contributed by atoms with Gasteiger partial charge in [0.2, 0.25) is 10.0 Å². The van der Waals surface area contributed by atoms with Gasteiger partial charge in [-0.05, 0) is 87.3 Å². The molecule has 0 N–H and O–H groups in total. The van der Waals surface area contributed by atoms with Crippen LogP contribution in [0.5, 0.6) is 0 Å². The molecule has 0 aromatic heterocycles. The van der Waals surface area contributed by atoms with Crippen molar-refractivity contribution in [1.82, 2.24) is 14.1 Å². The van der Waals surface area contributed by atoms with Gasteiger partial charge in [-0.3, -0.25) is 4.90 Å². The van der Waals surface area contributed by atoms with Gasteiger partial charge in [0.25, 0.3) is 0 Å². The van der Waals surface area contributed by atoms with E-state index in [1.807, 2.05) is 14.1 Å². The molecule has 0 radical (unpaired) electrons. The fourth-order valence-corrected chi connectivity index (χ4v) is 8.22. The molecule has 2 saturated heterocycles. The number of halogens is 3. The Bertz CT molecular complexity index is 1490. The number of sulfonamides is 1. The molecule has 5 rings (SSSR count). The Morgan fingerprint density at radius 1 is 0.902 bits per heavy atom. The van der Waals surface area contributed by atoms with Crippen molar-refractivity contribution in [1.29, 1.82) is 0 Å². The lowest BCUT2D eigenvalue weighted by Gasteiger charge is -2.58. The van der Waals surface area contributed by atoms with Crippen LogP contribution in [0.3, 0.4) is 0 Å².